The number of rotatable bonds is 5. The van der Waals surface area contributed by atoms with Crippen LogP contribution in [0.3, 0.4) is 0 Å². The van der Waals surface area contributed by atoms with Crippen molar-refractivity contribution in [3.05, 3.63) is 0 Å². The normalized spacial score (nSPS) is 45.3. The molecule has 0 bridgehead atoms. The van der Waals surface area contributed by atoms with Crippen molar-refractivity contribution in [2.45, 2.75) is 128 Å². The van der Waals surface area contributed by atoms with E-state index in [0.29, 0.717) is 24.7 Å². The Morgan fingerprint density at radius 2 is 1.00 bits per heavy atom. The van der Waals surface area contributed by atoms with Gasteiger partial charge in [0.05, 0.1) is 12.0 Å². The van der Waals surface area contributed by atoms with E-state index >= 15 is 0 Å². The summed E-state index contributed by atoms with van der Waals surface area (Å²) in [6.45, 7) is 2.36. The Hall–Kier alpha value is -0.430. The molecule has 2 N–H and O–H groups in total. The number of hydrogen-bond donors (Lipinski definition) is 0. The molecule has 0 aromatic rings. The number of halogens is 5. The maximum atomic E-state index is 14.7. The summed E-state index contributed by atoms with van der Waals surface area (Å²) < 4.78 is 74.8. The molecule has 2 unspecified atom stereocenters. The minimum atomic E-state index is -3.39. The molecule has 200 valence electrons. The van der Waals surface area contributed by atoms with Gasteiger partial charge in [-0.1, -0.05) is 19.8 Å². The van der Waals surface area contributed by atoms with E-state index < -0.39 is 49.5 Å². The highest BCUT2D eigenvalue weighted by Crippen LogP contribution is 2.48. The lowest BCUT2D eigenvalue weighted by atomic mass is 9.65. The van der Waals surface area contributed by atoms with Crippen LogP contribution < -0.4 is 0 Å². The molecule has 0 aromatic heterocycles. The first-order chi connectivity index (χ1) is 15.2. The Morgan fingerprint density at radius 3 is 1.42 bits per heavy atom. The Labute approximate surface area is 200 Å². The molecule has 0 aliphatic heterocycles. The monoisotopic (exact) mass is 488 g/mol. The molecule has 4 aliphatic rings. The van der Waals surface area contributed by atoms with Crippen LogP contribution in [-0.2, 0) is 4.74 Å². The first-order valence-corrected chi connectivity index (χ1v) is 13.2. The van der Waals surface area contributed by atoms with Crippen LogP contribution in [0.2, 0.25) is 0 Å². The lowest BCUT2D eigenvalue weighted by Gasteiger charge is -2.42. The van der Waals surface area contributed by atoms with Gasteiger partial charge in [0.1, 0.15) is 12.3 Å². The molecule has 0 heterocycles. The molecule has 4 aliphatic carbocycles. The fourth-order valence-corrected chi connectivity index (χ4v) is 7.27. The van der Waals surface area contributed by atoms with Crippen LogP contribution in [0, 0.1) is 35.5 Å². The van der Waals surface area contributed by atoms with E-state index in [2.05, 4.69) is 6.92 Å². The summed E-state index contributed by atoms with van der Waals surface area (Å²) >= 11 is 0. The zero-order chi connectivity index (χ0) is 22.9. The average Bonchev–Trinajstić information content (AvgIpc) is 2.78. The van der Waals surface area contributed by atoms with E-state index in [9.17, 15) is 22.0 Å². The van der Waals surface area contributed by atoms with E-state index in [1.54, 1.807) is 0 Å². The number of ether oxygens (including phenoxy) is 1. The van der Waals surface area contributed by atoms with Crippen LogP contribution in [0.5, 0.6) is 0 Å². The average molecular weight is 489 g/mol. The van der Waals surface area contributed by atoms with Crippen molar-refractivity contribution in [2.75, 3.05) is 0 Å². The zero-order valence-corrected chi connectivity index (χ0v) is 20.0. The van der Waals surface area contributed by atoms with Gasteiger partial charge in [0.15, 0.2) is 6.17 Å². The molecule has 7 heteroatoms. The topological polar surface area (TPSA) is 40.7 Å². The third-order valence-corrected chi connectivity index (χ3v) is 9.45. The van der Waals surface area contributed by atoms with Gasteiger partial charge in [-0.3, -0.25) is 0 Å². The molecule has 4 fully saturated rings. The van der Waals surface area contributed by atoms with Gasteiger partial charge in [-0.05, 0) is 93.8 Å². The Kier molecular flexibility index (Phi) is 9.50. The van der Waals surface area contributed by atoms with Gasteiger partial charge in [-0.25, -0.2) is 13.2 Å². The van der Waals surface area contributed by atoms with Gasteiger partial charge in [0, 0.05) is 17.1 Å². The maximum Gasteiger partial charge on any atom is 0.358 e. The quantitative estimate of drug-likeness (QED) is 0.360. The molecule has 33 heavy (non-hydrogen) atoms. The summed E-state index contributed by atoms with van der Waals surface area (Å²) in [6, 6.07) is 0. The summed E-state index contributed by atoms with van der Waals surface area (Å²) in [7, 11) is 0. The second kappa shape index (κ2) is 11.5. The largest absolute Gasteiger partial charge is 0.412 e. The van der Waals surface area contributed by atoms with E-state index in [1.165, 1.54) is 51.4 Å². The van der Waals surface area contributed by atoms with E-state index in [0.717, 1.165) is 30.6 Å². The van der Waals surface area contributed by atoms with E-state index in [1.807, 2.05) is 0 Å². The van der Waals surface area contributed by atoms with Crippen molar-refractivity contribution < 1.29 is 36.4 Å². The van der Waals surface area contributed by atoms with E-state index in [-0.39, 0.29) is 9.76 Å². The molecule has 0 spiro atoms. The highest BCUT2D eigenvalue weighted by Gasteiger charge is 2.48. The van der Waals surface area contributed by atoms with Crippen LogP contribution in [0.4, 0.5) is 22.0 Å². The highest BCUT2D eigenvalue weighted by molar-refractivity contribution is 4.90. The third-order valence-electron chi connectivity index (χ3n) is 9.45. The predicted octanol–water partition coefficient (Wildman–Crippen LogP) is 8.12. The first kappa shape index (κ1) is 27.2. The molecule has 2 nitrogen and oxygen atoms in total. The fraction of sp³-hybridized carbons (Fsp3) is 1.00. The van der Waals surface area contributed by atoms with Gasteiger partial charge < -0.3 is 10.2 Å². The summed E-state index contributed by atoms with van der Waals surface area (Å²) in [4.78, 5) is 0. The second-order valence-corrected chi connectivity index (χ2v) is 11.6. The molecular formula is C26H49F5O2. The van der Waals surface area contributed by atoms with Crippen molar-refractivity contribution in [1.82, 2.24) is 0 Å². The Morgan fingerprint density at radius 1 is 0.636 bits per heavy atom. The number of hydrogen-bond acceptors (Lipinski definition) is 1. The lowest BCUT2D eigenvalue weighted by molar-refractivity contribution is -0.306. The minimum Gasteiger partial charge on any atom is -0.412 e. The van der Waals surface area contributed by atoms with Crippen molar-refractivity contribution in [3.8, 4) is 0 Å². The first-order valence-electron chi connectivity index (χ1n) is 13.2. The fourth-order valence-electron chi connectivity index (χ4n) is 7.27. The van der Waals surface area contributed by atoms with Crippen molar-refractivity contribution >= 4 is 0 Å². The minimum absolute atomic E-state index is 0. The third kappa shape index (κ3) is 6.62. The van der Waals surface area contributed by atoms with Crippen molar-refractivity contribution in [1.29, 1.82) is 0 Å². The van der Waals surface area contributed by atoms with Crippen LogP contribution in [0.1, 0.15) is 101 Å². The van der Waals surface area contributed by atoms with Gasteiger partial charge in [0.2, 0.25) is 0 Å². The SMILES string of the molecule is CC1CCC(C2CCC(C3CCC(C(F)(F)OC4CC(F)C(F)C(F)C4)CC3)CC2)CC1.O.[HH].[HH].[HH]. The smallest absolute Gasteiger partial charge is 0.358 e. The van der Waals surface area contributed by atoms with Crippen molar-refractivity contribution in [3.63, 3.8) is 0 Å². The standard InChI is InChI=1S/C26H41F5O.H2O.3H2/c1-16-2-4-17(5-3-16)18-6-8-19(9-7-18)20-10-12-21(13-11-20)26(30,31)32-22-14-23(27)25(29)24(28)15-22;;;;/h16-25H,2-15H2,1H3;1H2;3*1H. The summed E-state index contributed by atoms with van der Waals surface area (Å²) in [5, 5.41) is 0. The maximum absolute atomic E-state index is 14.7. The van der Waals surface area contributed by atoms with Gasteiger partial charge >= 0.3 is 6.11 Å². The molecule has 0 radical (unpaired) electrons. The van der Waals surface area contributed by atoms with Crippen LogP contribution in [0.25, 0.3) is 0 Å². The molecular weight excluding hydrogens is 439 g/mol. The predicted molar refractivity (Wildman–Crippen MR) is 126 cm³/mol. The van der Waals surface area contributed by atoms with Crippen LogP contribution >= 0.6 is 0 Å². The van der Waals surface area contributed by atoms with Gasteiger partial charge in [0.25, 0.3) is 0 Å². The molecule has 0 amide bonds. The molecule has 2 atom stereocenters. The van der Waals surface area contributed by atoms with E-state index in [4.69, 9.17) is 4.74 Å². The van der Waals surface area contributed by atoms with Gasteiger partial charge in [-0.15, -0.1) is 0 Å². The second-order valence-electron chi connectivity index (χ2n) is 11.6. The number of alkyl halides is 5. The van der Waals surface area contributed by atoms with Crippen LogP contribution in [-0.4, -0.2) is 36.2 Å². The summed E-state index contributed by atoms with van der Waals surface area (Å²) in [5.74, 6) is 2.92. The van der Waals surface area contributed by atoms with Gasteiger partial charge in [-0.2, -0.15) is 8.78 Å². The zero-order valence-electron chi connectivity index (χ0n) is 20.0. The molecule has 0 saturated heterocycles. The summed E-state index contributed by atoms with van der Waals surface area (Å²) in [6.07, 6.45) is 0.971. The summed E-state index contributed by atoms with van der Waals surface area (Å²) in [5.41, 5.74) is 0. The highest BCUT2D eigenvalue weighted by atomic mass is 19.3. The lowest BCUT2D eigenvalue weighted by Crippen LogP contribution is -2.45. The van der Waals surface area contributed by atoms with Crippen LogP contribution in [0.15, 0.2) is 0 Å². The van der Waals surface area contributed by atoms with Crippen molar-refractivity contribution in [2.24, 2.45) is 35.5 Å². The Bertz CT molecular complexity index is 584. The Balaban J connectivity index is 0.00000306. The molecule has 0 aromatic carbocycles. The molecule has 4 saturated carbocycles. The molecule has 4 rings (SSSR count).